The molecule has 1 N–H and O–H groups in total. The van der Waals surface area contributed by atoms with E-state index in [1.54, 1.807) is 11.3 Å². The first-order valence-corrected chi connectivity index (χ1v) is 9.44. The smallest absolute Gasteiger partial charge is 0.264 e. The Hall–Kier alpha value is -0.600. The number of piperazine rings is 1. The minimum atomic E-state index is 0. The van der Waals surface area contributed by atoms with Gasteiger partial charge in [-0.05, 0) is 26.8 Å². The first-order valence-electron chi connectivity index (χ1n) is 7.81. The summed E-state index contributed by atoms with van der Waals surface area (Å²) in [6, 6.07) is 2.27. The number of fused-ring (bicyclic) bond motifs is 1. The van der Waals surface area contributed by atoms with Crippen LogP contribution < -0.4 is 10.2 Å². The highest BCUT2D eigenvalue weighted by atomic mass is 35.5. The minimum Gasteiger partial charge on any atom is -0.349 e. The predicted molar refractivity (Wildman–Crippen MR) is 109 cm³/mol. The Bertz CT molecular complexity index is 640. The summed E-state index contributed by atoms with van der Waals surface area (Å²) >= 11 is 3.20. The van der Waals surface area contributed by atoms with Gasteiger partial charge in [0, 0.05) is 38.8 Å². The maximum Gasteiger partial charge on any atom is 0.264 e. The Kier molecular flexibility index (Phi) is 8.22. The van der Waals surface area contributed by atoms with Crippen LogP contribution >= 0.6 is 47.5 Å². The van der Waals surface area contributed by atoms with Gasteiger partial charge in [0.15, 0.2) is 5.13 Å². The average molecular weight is 411 g/mol. The number of thiophene rings is 1. The van der Waals surface area contributed by atoms with Gasteiger partial charge < -0.3 is 15.1 Å². The largest absolute Gasteiger partial charge is 0.349 e. The van der Waals surface area contributed by atoms with Gasteiger partial charge in [-0.3, -0.25) is 4.79 Å². The van der Waals surface area contributed by atoms with E-state index in [0.717, 1.165) is 52.3 Å². The standard InChI is InChI=1S/C15H22N4OS2.2ClH/c1-4-18(5-2)15-17-13-11(22-15)8-12(21-13)14(20)19-7-6-16-9-10(19)3;;/h8,10,16H,4-7,9H2,1-3H3;2*1H/t10-;;/m1../s1. The Morgan fingerprint density at radius 2 is 2.08 bits per heavy atom. The molecule has 0 aliphatic carbocycles. The number of carbonyl (C=O) groups is 1. The van der Waals surface area contributed by atoms with E-state index in [0.29, 0.717) is 0 Å². The second-order valence-corrected chi connectivity index (χ2v) is 7.54. The molecular weight excluding hydrogens is 387 g/mol. The topological polar surface area (TPSA) is 48.5 Å². The maximum atomic E-state index is 12.7. The van der Waals surface area contributed by atoms with Crippen LogP contribution in [0.4, 0.5) is 5.13 Å². The van der Waals surface area contributed by atoms with E-state index in [1.165, 1.54) is 11.3 Å². The number of rotatable bonds is 4. The molecule has 0 aromatic carbocycles. The number of nitrogens with zero attached hydrogens (tertiary/aromatic N) is 3. The summed E-state index contributed by atoms with van der Waals surface area (Å²) in [5.41, 5.74) is 0. The second-order valence-electron chi connectivity index (χ2n) is 5.50. The van der Waals surface area contributed by atoms with Crippen molar-refractivity contribution in [2.45, 2.75) is 26.8 Å². The van der Waals surface area contributed by atoms with Gasteiger partial charge in [-0.2, -0.15) is 0 Å². The molecular formula is C15H24Cl2N4OS2. The van der Waals surface area contributed by atoms with Crippen molar-refractivity contribution >= 4 is 68.1 Å². The summed E-state index contributed by atoms with van der Waals surface area (Å²) in [6.45, 7) is 10.8. The fraction of sp³-hybridized carbons (Fsp3) is 0.600. The van der Waals surface area contributed by atoms with Crippen molar-refractivity contribution in [2.75, 3.05) is 37.6 Å². The van der Waals surface area contributed by atoms with E-state index in [2.05, 4.69) is 31.0 Å². The lowest BCUT2D eigenvalue weighted by Gasteiger charge is -2.33. The van der Waals surface area contributed by atoms with Gasteiger partial charge in [-0.25, -0.2) is 4.98 Å². The molecule has 0 spiro atoms. The highest BCUT2D eigenvalue weighted by Gasteiger charge is 2.26. The monoisotopic (exact) mass is 410 g/mol. The summed E-state index contributed by atoms with van der Waals surface area (Å²) in [4.78, 5) is 23.4. The molecule has 1 amide bonds. The number of anilines is 1. The molecule has 2 aromatic rings. The molecule has 0 radical (unpaired) electrons. The van der Waals surface area contributed by atoms with Crippen LogP contribution in [0.25, 0.3) is 9.53 Å². The van der Waals surface area contributed by atoms with Crippen LogP contribution in [0.2, 0.25) is 0 Å². The molecule has 136 valence electrons. The van der Waals surface area contributed by atoms with Gasteiger partial charge in [0.2, 0.25) is 0 Å². The summed E-state index contributed by atoms with van der Waals surface area (Å²) in [7, 11) is 0. The average Bonchev–Trinajstić information content (AvgIpc) is 3.07. The van der Waals surface area contributed by atoms with Gasteiger partial charge in [0.05, 0.1) is 9.58 Å². The maximum absolute atomic E-state index is 12.7. The number of nitrogens with one attached hydrogen (secondary N) is 1. The van der Waals surface area contributed by atoms with Crippen molar-refractivity contribution in [1.29, 1.82) is 0 Å². The Morgan fingerprint density at radius 1 is 1.38 bits per heavy atom. The second kappa shape index (κ2) is 9.20. The van der Waals surface area contributed by atoms with Gasteiger partial charge in [0.1, 0.15) is 4.83 Å². The molecule has 1 saturated heterocycles. The number of amides is 1. The van der Waals surface area contributed by atoms with Crippen LogP contribution in [0.5, 0.6) is 0 Å². The molecule has 24 heavy (non-hydrogen) atoms. The molecule has 3 heterocycles. The summed E-state index contributed by atoms with van der Waals surface area (Å²) in [6.07, 6.45) is 0. The number of aromatic nitrogens is 1. The Balaban J connectivity index is 0.00000144. The molecule has 0 saturated carbocycles. The van der Waals surface area contributed by atoms with E-state index in [1.807, 2.05) is 11.0 Å². The summed E-state index contributed by atoms with van der Waals surface area (Å²) in [5.74, 6) is 0.147. The SMILES string of the molecule is CCN(CC)c1nc2sc(C(=O)N3CCNC[C@H]3C)cc2s1.Cl.Cl. The van der Waals surface area contributed by atoms with Gasteiger partial charge in [-0.1, -0.05) is 11.3 Å². The third-order valence-electron chi connectivity index (χ3n) is 4.08. The number of hydrogen-bond acceptors (Lipinski definition) is 6. The first kappa shape index (κ1) is 21.4. The molecule has 3 rings (SSSR count). The summed E-state index contributed by atoms with van der Waals surface area (Å²) < 4.78 is 1.12. The van der Waals surface area contributed by atoms with Crippen LogP contribution in [0.15, 0.2) is 6.07 Å². The predicted octanol–water partition coefficient (Wildman–Crippen LogP) is 3.48. The van der Waals surface area contributed by atoms with Crippen LogP contribution in [0, 0.1) is 0 Å². The quantitative estimate of drug-likeness (QED) is 0.837. The van der Waals surface area contributed by atoms with Crippen LogP contribution in [-0.4, -0.2) is 54.6 Å². The Morgan fingerprint density at radius 3 is 2.67 bits per heavy atom. The highest BCUT2D eigenvalue weighted by molar-refractivity contribution is 7.29. The molecule has 0 bridgehead atoms. The van der Waals surface area contributed by atoms with Crippen molar-refractivity contribution < 1.29 is 4.79 Å². The van der Waals surface area contributed by atoms with E-state index in [-0.39, 0.29) is 36.8 Å². The molecule has 1 fully saturated rings. The van der Waals surface area contributed by atoms with Crippen molar-refractivity contribution in [1.82, 2.24) is 15.2 Å². The van der Waals surface area contributed by atoms with Gasteiger partial charge in [0.25, 0.3) is 5.91 Å². The zero-order valence-electron chi connectivity index (χ0n) is 14.1. The van der Waals surface area contributed by atoms with Crippen LogP contribution in [0.3, 0.4) is 0 Å². The Labute approximate surface area is 163 Å². The lowest BCUT2D eigenvalue weighted by atomic mass is 10.2. The van der Waals surface area contributed by atoms with E-state index < -0.39 is 0 Å². The number of hydrogen-bond donors (Lipinski definition) is 1. The van der Waals surface area contributed by atoms with Crippen LogP contribution in [-0.2, 0) is 0 Å². The third-order valence-corrected chi connectivity index (χ3v) is 6.29. The zero-order valence-corrected chi connectivity index (χ0v) is 17.3. The molecule has 1 atom stereocenters. The lowest BCUT2D eigenvalue weighted by molar-refractivity contribution is 0.0661. The summed E-state index contributed by atoms with van der Waals surface area (Å²) in [5, 5.41) is 4.38. The van der Waals surface area contributed by atoms with E-state index in [9.17, 15) is 4.79 Å². The number of carbonyl (C=O) groups excluding carboxylic acids is 1. The fourth-order valence-corrected chi connectivity index (χ4v) is 5.04. The van der Waals surface area contributed by atoms with Crippen molar-refractivity contribution in [3.05, 3.63) is 10.9 Å². The highest BCUT2D eigenvalue weighted by Crippen LogP contribution is 2.35. The fourth-order valence-electron chi connectivity index (χ4n) is 2.74. The lowest BCUT2D eigenvalue weighted by Crippen LogP contribution is -2.52. The number of thiazole rings is 1. The van der Waals surface area contributed by atoms with Crippen molar-refractivity contribution in [3.8, 4) is 0 Å². The number of halogens is 2. The van der Waals surface area contributed by atoms with Crippen molar-refractivity contribution in [2.24, 2.45) is 0 Å². The van der Waals surface area contributed by atoms with E-state index >= 15 is 0 Å². The molecule has 2 aromatic heterocycles. The zero-order chi connectivity index (χ0) is 15.7. The molecule has 1 aliphatic rings. The minimum absolute atomic E-state index is 0. The van der Waals surface area contributed by atoms with E-state index in [4.69, 9.17) is 4.98 Å². The van der Waals surface area contributed by atoms with Gasteiger partial charge in [-0.15, -0.1) is 36.2 Å². The van der Waals surface area contributed by atoms with Crippen LogP contribution in [0.1, 0.15) is 30.4 Å². The molecule has 0 unspecified atom stereocenters. The first-order chi connectivity index (χ1) is 10.6. The molecule has 1 aliphatic heterocycles. The molecule has 9 heteroatoms. The third kappa shape index (κ3) is 4.14. The molecule has 5 nitrogen and oxygen atoms in total. The normalized spacial score (nSPS) is 17.3. The van der Waals surface area contributed by atoms with Gasteiger partial charge >= 0.3 is 0 Å². The van der Waals surface area contributed by atoms with Crippen molar-refractivity contribution in [3.63, 3.8) is 0 Å².